The van der Waals surface area contributed by atoms with Gasteiger partial charge in [0, 0.05) is 25.3 Å². The molecule has 2 rings (SSSR count). The van der Waals surface area contributed by atoms with Crippen LogP contribution >= 0.6 is 11.6 Å². The number of hydrogen-bond donors (Lipinski definition) is 1. The Morgan fingerprint density at radius 1 is 1.41 bits per heavy atom. The lowest BCUT2D eigenvalue weighted by molar-refractivity contribution is 0.0699. The average Bonchev–Trinajstić information content (AvgIpc) is 2.37. The Hall–Kier alpha value is -0.870. The van der Waals surface area contributed by atoms with Crippen LogP contribution in [0.5, 0.6) is 0 Å². The van der Waals surface area contributed by atoms with Crippen molar-refractivity contribution in [2.45, 2.75) is 26.2 Å². The summed E-state index contributed by atoms with van der Waals surface area (Å²) in [4.78, 5) is 8.26. The van der Waals surface area contributed by atoms with Gasteiger partial charge in [0.15, 0.2) is 0 Å². The van der Waals surface area contributed by atoms with E-state index in [9.17, 15) is 0 Å². The van der Waals surface area contributed by atoms with Crippen LogP contribution in [0.3, 0.4) is 0 Å². The minimum atomic E-state index is 0.553. The number of ether oxygens (including phenoxy) is 1. The fourth-order valence-electron chi connectivity index (χ4n) is 2.05. The van der Waals surface area contributed by atoms with E-state index in [1.165, 1.54) is 6.33 Å². The van der Waals surface area contributed by atoms with Crippen LogP contribution in [0.2, 0.25) is 5.15 Å². The Labute approximate surface area is 107 Å². The monoisotopic (exact) mass is 255 g/mol. The molecule has 0 aromatic carbocycles. The number of nitrogens with zero attached hydrogens (tertiary/aromatic N) is 2. The first-order valence-electron chi connectivity index (χ1n) is 6.12. The molecule has 0 radical (unpaired) electrons. The van der Waals surface area contributed by atoms with Crippen LogP contribution in [0.1, 0.15) is 25.3 Å². The topological polar surface area (TPSA) is 47.0 Å². The second-order valence-corrected chi connectivity index (χ2v) is 4.64. The van der Waals surface area contributed by atoms with Crippen molar-refractivity contribution < 1.29 is 4.74 Å². The third kappa shape index (κ3) is 3.30. The van der Waals surface area contributed by atoms with Crippen LogP contribution in [0.15, 0.2) is 6.33 Å². The number of nitrogens with one attached hydrogen (secondary N) is 1. The Bertz CT molecular complexity index is 367. The average molecular weight is 256 g/mol. The maximum Gasteiger partial charge on any atom is 0.137 e. The summed E-state index contributed by atoms with van der Waals surface area (Å²) in [6.45, 7) is 4.74. The van der Waals surface area contributed by atoms with E-state index >= 15 is 0 Å². The van der Waals surface area contributed by atoms with E-state index in [0.717, 1.165) is 50.4 Å². The molecule has 0 atom stereocenters. The predicted molar refractivity (Wildman–Crippen MR) is 68.5 cm³/mol. The van der Waals surface area contributed by atoms with Crippen LogP contribution in [0.25, 0.3) is 0 Å². The quantitative estimate of drug-likeness (QED) is 0.840. The molecule has 0 saturated carbocycles. The van der Waals surface area contributed by atoms with Gasteiger partial charge in [0.2, 0.25) is 0 Å². The van der Waals surface area contributed by atoms with Crippen LogP contribution in [-0.4, -0.2) is 29.7 Å². The fraction of sp³-hybridized carbons (Fsp3) is 0.667. The molecule has 4 nitrogen and oxygen atoms in total. The SMILES string of the molecule is CCc1c(Cl)ncnc1NCC1CCOCC1. The van der Waals surface area contributed by atoms with Gasteiger partial charge in [-0.2, -0.15) is 0 Å². The van der Waals surface area contributed by atoms with E-state index in [2.05, 4.69) is 22.2 Å². The highest BCUT2D eigenvalue weighted by molar-refractivity contribution is 6.30. The summed E-state index contributed by atoms with van der Waals surface area (Å²) in [7, 11) is 0. The number of anilines is 1. The fourth-order valence-corrected chi connectivity index (χ4v) is 2.31. The van der Waals surface area contributed by atoms with E-state index in [1.54, 1.807) is 0 Å². The largest absolute Gasteiger partial charge is 0.381 e. The van der Waals surface area contributed by atoms with Crippen molar-refractivity contribution in [2.24, 2.45) is 5.92 Å². The zero-order chi connectivity index (χ0) is 12.1. The molecule has 1 fully saturated rings. The second kappa shape index (κ2) is 6.17. The molecule has 0 amide bonds. The molecule has 1 aliphatic heterocycles. The van der Waals surface area contributed by atoms with Crippen molar-refractivity contribution in [2.75, 3.05) is 25.1 Å². The summed E-state index contributed by atoms with van der Waals surface area (Å²) in [6, 6.07) is 0. The van der Waals surface area contributed by atoms with E-state index in [1.807, 2.05) is 0 Å². The van der Waals surface area contributed by atoms with Gasteiger partial charge in [-0.25, -0.2) is 9.97 Å². The van der Waals surface area contributed by atoms with Gasteiger partial charge >= 0.3 is 0 Å². The van der Waals surface area contributed by atoms with Crippen molar-refractivity contribution in [3.8, 4) is 0 Å². The lowest BCUT2D eigenvalue weighted by Gasteiger charge is -2.22. The Morgan fingerprint density at radius 2 is 2.18 bits per heavy atom. The summed E-state index contributed by atoms with van der Waals surface area (Å²) in [5, 5.41) is 3.94. The Balaban J connectivity index is 1.95. The molecule has 1 aromatic heterocycles. The summed E-state index contributed by atoms with van der Waals surface area (Å²) >= 11 is 6.04. The molecule has 94 valence electrons. The van der Waals surface area contributed by atoms with Gasteiger partial charge in [0.05, 0.1) is 0 Å². The normalized spacial score (nSPS) is 17.1. The van der Waals surface area contributed by atoms with E-state index < -0.39 is 0 Å². The van der Waals surface area contributed by atoms with Gasteiger partial charge in [-0.1, -0.05) is 18.5 Å². The molecule has 0 aliphatic carbocycles. The standard InChI is InChI=1S/C12H18ClN3O/c1-2-10-11(13)15-8-16-12(10)14-7-9-3-5-17-6-4-9/h8-9H,2-7H2,1H3,(H,14,15,16). The molecule has 5 heteroatoms. The van der Waals surface area contributed by atoms with E-state index in [4.69, 9.17) is 16.3 Å². The molecule has 1 aromatic rings. The molecular formula is C12H18ClN3O. The van der Waals surface area contributed by atoms with E-state index in [0.29, 0.717) is 11.1 Å². The number of hydrogen-bond acceptors (Lipinski definition) is 4. The smallest absolute Gasteiger partial charge is 0.137 e. The molecule has 0 unspecified atom stereocenters. The molecule has 2 heterocycles. The van der Waals surface area contributed by atoms with Crippen LogP contribution in [-0.2, 0) is 11.2 Å². The Morgan fingerprint density at radius 3 is 2.88 bits per heavy atom. The first kappa shape index (κ1) is 12.6. The van der Waals surface area contributed by atoms with Gasteiger partial charge in [0.25, 0.3) is 0 Å². The highest BCUT2D eigenvalue weighted by Gasteiger charge is 2.15. The second-order valence-electron chi connectivity index (χ2n) is 4.28. The van der Waals surface area contributed by atoms with E-state index in [-0.39, 0.29) is 0 Å². The predicted octanol–water partition coefficient (Wildman–Crippen LogP) is 2.53. The highest BCUT2D eigenvalue weighted by Crippen LogP contribution is 2.21. The minimum absolute atomic E-state index is 0.553. The maximum absolute atomic E-state index is 6.04. The minimum Gasteiger partial charge on any atom is -0.381 e. The molecule has 1 saturated heterocycles. The summed E-state index contributed by atoms with van der Waals surface area (Å²) in [5.74, 6) is 1.54. The van der Waals surface area contributed by atoms with Gasteiger partial charge in [-0.15, -0.1) is 0 Å². The summed E-state index contributed by atoms with van der Waals surface area (Å²) in [5.41, 5.74) is 1.00. The lowest BCUT2D eigenvalue weighted by Crippen LogP contribution is -2.23. The molecule has 1 N–H and O–H groups in total. The van der Waals surface area contributed by atoms with Crippen molar-refractivity contribution in [1.29, 1.82) is 0 Å². The molecule has 17 heavy (non-hydrogen) atoms. The summed E-state index contributed by atoms with van der Waals surface area (Å²) in [6.07, 6.45) is 4.59. The molecule has 1 aliphatic rings. The van der Waals surface area contributed by atoms with Gasteiger partial charge in [-0.3, -0.25) is 0 Å². The van der Waals surface area contributed by atoms with Crippen molar-refractivity contribution in [1.82, 2.24) is 9.97 Å². The van der Waals surface area contributed by atoms with Gasteiger partial charge in [-0.05, 0) is 25.2 Å². The maximum atomic E-state index is 6.04. The first-order valence-corrected chi connectivity index (χ1v) is 6.50. The van der Waals surface area contributed by atoms with Crippen molar-refractivity contribution in [3.05, 3.63) is 17.0 Å². The zero-order valence-electron chi connectivity index (χ0n) is 10.1. The number of halogens is 1. The molecule has 0 spiro atoms. The van der Waals surface area contributed by atoms with Crippen molar-refractivity contribution >= 4 is 17.4 Å². The van der Waals surface area contributed by atoms with Crippen LogP contribution in [0, 0.1) is 5.92 Å². The van der Waals surface area contributed by atoms with Crippen molar-refractivity contribution in [3.63, 3.8) is 0 Å². The molecular weight excluding hydrogens is 238 g/mol. The summed E-state index contributed by atoms with van der Waals surface area (Å²) < 4.78 is 5.34. The zero-order valence-corrected chi connectivity index (χ0v) is 10.8. The van der Waals surface area contributed by atoms with Crippen LogP contribution in [0.4, 0.5) is 5.82 Å². The van der Waals surface area contributed by atoms with Crippen LogP contribution < -0.4 is 5.32 Å². The number of rotatable bonds is 4. The van der Waals surface area contributed by atoms with Gasteiger partial charge < -0.3 is 10.1 Å². The third-order valence-electron chi connectivity index (χ3n) is 3.15. The number of aromatic nitrogens is 2. The molecule has 0 bridgehead atoms. The third-order valence-corrected chi connectivity index (χ3v) is 3.47. The highest BCUT2D eigenvalue weighted by atomic mass is 35.5. The first-order chi connectivity index (χ1) is 8.31. The Kier molecular flexibility index (Phi) is 4.57. The van der Waals surface area contributed by atoms with Gasteiger partial charge in [0.1, 0.15) is 17.3 Å². The lowest BCUT2D eigenvalue weighted by atomic mass is 10.0.